The summed E-state index contributed by atoms with van der Waals surface area (Å²) in [5.41, 5.74) is 0.438. The number of nitrogens with zero attached hydrogens (tertiary/aromatic N) is 2. The number of carbonyl (C=O) groups excluding carboxylic acids is 1. The number of ether oxygens (including phenoxy) is 1. The van der Waals surface area contributed by atoms with Gasteiger partial charge in [-0.2, -0.15) is 0 Å². The lowest BCUT2D eigenvalue weighted by atomic mass is 9.91. The predicted molar refractivity (Wildman–Crippen MR) is 101 cm³/mol. The average Bonchev–Trinajstić information content (AvgIpc) is 2.69. The third-order valence-electron chi connectivity index (χ3n) is 5.26. The molecule has 2 fully saturated rings. The van der Waals surface area contributed by atoms with Crippen LogP contribution in [-0.2, 0) is 14.8 Å². The predicted octanol–water partition coefficient (Wildman–Crippen LogP) is 1.77. The molecule has 2 heterocycles. The Labute approximate surface area is 160 Å². The number of benzene rings is 1. The fourth-order valence-corrected chi connectivity index (χ4v) is 5.25. The van der Waals surface area contributed by atoms with E-state index < -0.39 is 10.0 Å². The highest BCUT2D eigenvalue weighted by molar-refractivity contribution is 7.89. The molecule has 0 amide bonds. The van der Waals surface area contributed by atoms with Crippen molar-refractivity contribution in [2.45, 2.75) is 19.3 Å². The second kappa shape index (κ2) is 9.23. The third-order valence-corrected chi connectivity index (χ3v) is 7.18. The van der Waals surface area contributed by atoms with Crippen LogP contribution in [-0.4, -0.2) is 75.1 Å². The Morgan fingerprint density at radius 2 is 1.85 bits per heavy atom. The molecule has 27 heavy (non-hydrogen) atoms. The van der Waals surface area contributed by atoms with E-state index in [0.717, 1.165) is 19.6 Å². The van der Waals surface area contributed by atoms with Gasteiger partial charge in [-0.05, 0) is 50.1 Å². The maximum atomic E-state index is 13.1. The summed E-state index contributed by atoms with van der Waals surface area (Å²) in [6.45, 7) is 4.52. The molecule has 2 aliphatic rings. The van der Waals surface area contributed by atoms with Crippen molar-refractivity contribution < 1.29 is 22.3 Å². The minimum absolute atomic E-state index is 0.0990. The van der Waals surface area contributed by atoms with E-state index in [1.165, 1.54) is 28.6 Å². The summed E-state index contributed by atoms with van der Waals surface area (Å²) in [6.07, 6.45) is 1.91. The van der Waals surface area contributed by atoms with E-state index in [0.29, 0.717) is 44.6 Å². The molecule has 1 aromatic rings. The average molecular weight is 399 g/mol. The zero-order valence-corrected chi connectivity index (χ0v) is 16.3. The van der Waals surface area contributed by atoms with E-state index in [4.69, 9.17) is 4.74 Å². The maximum absolute atomic E-state index is 13.1. The molecule has 2 saturated heterocycles. The zero-order chi connectivity index (χ0) is 19.3. The van der Waals surface area contributed by atoms with E-state index in [2.05, 4.69) is 4.90 Å². The lowest BCUT2D eigenvalue weighted by molar-refractivity contribution is 0.0380. The Morgan fingerprint density at radius 3 is 2.56 bits per heavy atom. The van der Waals surface area contributed by atoms with Gasteiger partial charge in [0.15, 0.2) is 5.78 Å². The Hall–Kier alpha value is -1.35. The van der Waals surface area contributed by atoms with Gasteiger partial charge in [-0.15, -0.1) is 0 Å². The van der Waals surface area contributed by atoms with Gasteiger partial charge >= 0.3 is 0 Å². The van der Waals surface area contributed by atoms with Crippen LogP contribution in [0.2, 0.25) is 0 Å². The van der Waals surface area contributed by atoms with Gasteiger partial charge < -0.3 is 4.74 Å². The summed E-state index contributed by atoms with van der Waals surface area (Å²) in [7, 11) is -3.38. The fraction of sp³-hybridized carbons (Fsp3) is 0.632. The molecule has 150 valence electrons. The van der Waals surface area contributed by atoms with Gasteiger partial charge in [-0.1, -0.05) is 0 Å². The van der Waals surface area contributed by atoms with E-state index in [9.17, 15) is 17.6 Å². The van der Waals surface area contributed by atoms with Gasteiger partial charge in [0.05, 0.1) is 19.0 Å². The Morgan fingerprint density at radius 1 is 1.15 bits per heavy atom. The summed E-state index contributed by atoms with van der Waals surface area (Å²) in [6, 6.07) is 5.45. The zero-order valence-electron chi connectivity index (χ0n) is 15.5. The van der Waals surface area contributed by atoms with E-state index in [-0.39, 0.29) is 29.8 Å². The number of sulfonamides is 1. The van der Waals surface area contributed by atoms with Crippen LogP contribution in [0, 0.1) is 11.7 Å². The van der Waals surface area contributed by atoms with Gasteiger partial charge in [0.25, 0.3) is 0 Å². The third kappa shape index (κ3) is 5.57. The standard InChI is InChI=1S/C19H27FN2O4S/c20-18-6-4-16(5-7-18)19(23)17-3-1-9-22(15-17)27(24,25)14-2-8-21-10-12-26-13-11-21/h4-7,17H,1-3,8-15H2. The van der Waals surface area contributed by atoms with E-state index >= 15 is 0 Å². The van der Waals surface area contributed by atoms with Crippen LogP contribution in [0.25, 0.3) is 0 Å². The second-order valence-corrected chi connectivity index (χ2v) is 9.28. The van der Waals surface area contributed by atoms with Crippen LogP contribution in [0.5, 0.6) is 0 Å². The SMILES string of the molecule is O=C(c1ccc(F)cc1)C1CCCN(S(=O)(=O)CCCN2CCOCC2)C1. The number of Topliss-reactive ketones (excluding diaryl/α,β-unsaturated/α-hetero) is 1. The molecular weight excluding hydrogens is 371 g/mol. The normalized spacial score (nSPS) is 22.6. The van der Waals surface area contributed by atoms with Crippen molar-refractivity contribution in [3.63, 3.8) is 0 Å². The van der Waals surface area contributed by atoms with Gasteiger partial charge in [0.2, 0.25) is 10.0 Å². The minimum Gasteiger partial charge on any atom is -0.379 e. The molecular formula is C19H27FN2O4S. The van der Waals surface area contributed by atoms with Crippen molar-refractivity contribution in [2.24, 2.45) is 5.92 Å². The maximum Gasteiger partial charge on any atom is 0.214 e. The first kappa shape index (κ1) is 20.4. The number of halogens is 1. The molecule has 0 saturated carbocycles. The quantitative estimate of drug-likeness (QED) is 0.655. The van der Waals surface area contributed by atoms with Crippen molar-refractivity contribution >= 4 is 15.8 Å². The largest absolute Gasteiger partial charge is 0.379 e. The van der Waals surface area contributed by atoms with Crippen LogP contribution in [0.4, 0.5) is 4.39 Å². The molecule has 8 heteroatoms. The number of piperidine rings is 1. The first-order chi connectivity index (χ1) is 13.0. The lowest BCUT2D eigenvalue weighted by Gasteiger charge is -2.32. The number of morpholine rings is 1. The minimum atomic E-state index is -3.38. The van der Waals surface area contributed by atoms with Crippen LogP contribution >= 0.6 is 0 Å². The summed E-state index contributed by atoms with van der Waals surface area (Å²) >= 11 is 0. The van der Waals surface area contributed by atoms with Crippen LogP contribution < -0.4 is 0 Å². The molecule has 1 atom stereocenters. The number of carbonyl (C=O) groups is 1. The Balaban J connectivity index is 1.54. The fourth-order valence-electron chi connectivity index (χ4n) is 3.68. The highest BCUT2D eigenvalue weighted by Crippen LogP contribution is 2.23. The monoisotopic (exact) mass is 398 g/mol. The van der Waals surface area contributed by atoms with Gasteiger partial charge in [-0.25, -0.2) is 17.1 Å². The molecule has 0 aromatic heterocycles. The highest BCUT2D eigenvalue weighted by atomic mass is 32.2. The molecule has 0 N–H and O–H groups in total. The Bertz CT molecular complexity index is 733. The van der Waals surface area contributed by atoms with Crippen LogP contribution in [0.3, 0.4) is 0 Å². The first-order valence-corrected chi connectivity index (χ1v) is 11.1. The topological polar surface area (TPSA) is 66.9 Å². The summed E-state index contributed by atoms with van der Waals surface area (Å²) in [5.74, 6) is -0.761. The van der Waals surface area contributed by atoms with Crippen molar-refractivity contribution in [3.05, 3.63) is 35.6 Å². The molecule has 0 bridgehead atoms. The van der Waals surface area contributed by atoms with Crippen molar-refractivity contribution in [3.8, 4) is 0 Å². The molecule has 6 nitrogen and oxygen atoms in total. The van der Waals surface area contributed by atoms with Gasteiger partial charge in [0.1, 0.15) is 5.82 Å². The number of ketones is 1. The summed E-state index contributed by atoms with van der Waals surface area (Å²) in [4.78, 5) is 14.9. The molecule has 1 aromatic carbocycles. The summed E-state index contributed by atoms with van der Waals surface area (Å²) < 4.78 is 45.2. The van der Waals surface area contributed by atoms with E-state index in [1.54, 1.807) is 0 Å². The summed E-state index contributed by atoms with van der Waals surface area (Å²) in [5, 5.41) is 0. The second-order valence-electron chi connectivity index (χ2n) is 7.19. The molecule has 2 aliphatic heterocycles. The molecule has 0 aliphatic carbocycles. The van der Waals surface area contributed by atoms with Crippen molar-refractivity contribution in [1.29, 1.82) is 0 Å². The molecule has 0 spiro atoms. The first-order valence-electron chi connectivity index (χ1n) is 9.53. The van der Waals surface area contributed by atoms with Crippen LogP contribution in [0.15, 0.2) is 24.3 Å². The highest BCUT2D eigenvalue weighted by Gasteiger charge is 2.32. The number of rotatable bonds is 7. The molecule has 3 rings (SSSR count). The van der Waals surface area contributed by atoms with Crippen molar-refractivity contribution in [2.75, 3.05) is 51.7 Å². The molecule has 0 radical (unpaired) electrons. The number of hydrogen-bond donors (Lipinski definition) is 0. The van der Waals surface area contributed by atoms with Gasteiger partial charge in [0, 0.05) is 37.7 Å². The molecule has 1 unspecified atom stereocenters. The lowest BCUT2D eigenvalue weighted by Crippen LogP contribution is -2.44. The van der Waals surface area contributed by atoms with E-state index in [1.807, 2.05) is 0 Å². The smallest absolute Gasteiger partial charge is 0.214 e. The van der Waals surface area contributed by atoms with Crippen LogP contribution in [0.1, 0.15) is 29.6 Å². The number of hydrogen-bond acceptors (Lipinski definition) is 5. The Kier molecular flexibility index (Phi) is 6.97. The van der Waals surface area contributed by atoms with Crippen molar-refractivity contribution in [1.82, 2.24) is 9.21 Å². The van der Waals surface area contributed by atoms with Gasteiger partial charge in [-0.3, -0.25) is 9.69 Å².